The molecule has 3 nitrogen and oxygen atoms in total. The maximum atomic E-state index is 12.7. The summed E-state index contributed by atoms with van der Waals surface area (Å²) in [6, 6.07) is 39.1. The van der Waals surface area contributed by atoms with Crippen molar-refractivity contribution in [2.45, 2.75) is 0 Å². The number of benzene rings is 5. The van der Waals surface area contributed by atoms with Crippen LogP contribution in [0.3, 0.4) is 0 Å². The fourth-order valence-corrected chi connectivity index (χ4v) is 5.14. The minimum absolute atomic E-state index is 0.309. The van der Waals surface area contributed by atoms with Crippen LogP contribution in [-0.2, 0) is 0 Å². The molecule has 34 heavy (non-hydrogen) atoms. The van der Waals surface area contributed by atoms with Crippen LogP contribution >= 0.6 is 0 Å². The Bertz CT molecular complexity index is 1930. The Labute approximate surface area is 195 Å². The van der Waals surface area contributed by atoms with Gasteiger partial charge in [-0.1, -0.05) is 78.9 Å². The van der Waals surface area contributed by atoms with E-state index < -0.39 is 0 Å². The summed E-state index contributed by atoms with van der Waals surface area (Å²) in [7, 11) is 0. The average Bonchev–Trinajstić information content (AvgIpc) is 3.24. The minimum Gasteiger partial charge on any atom is -0.422 e. The minimum atomic E-state index is -0.309. The van der Waals surface area contributed by atoms with Crippen LogP contribution in [-0.4, -0.2) is 4.57 Å². The third-order valence-corrected chi connectivity index (χ3v) is 6.63. The van der Waals surface area contributed by atoms with E-state index in [2.05, 4.69) is 83.4 Å². The van der Waals surface area contributed by atoms with Gasteiger partial charge in [0.05, 0.1) is 21.8 Å². The zero-order valence-corrected chi connectivity index (χ0v) is 18.2. The molecule has 0 radical (unpaired) electrons. The number of para-hydroxylation sites is 1. The third kappa shape index (κ3) is 2.67. The van der Waals surface area contributed by atoms with E-state index in [4.69, 9.17) is 4.42 Å². The summed E-state index contributed by atoms with van der Waals surface area (Å²) in [5.74, 6) is 0. The van der Waals surface area contributed by atoms with Gasteiger partial charge in [-0.05, 0) is 47.5 Å². The summed E-state index contributed by atoms with van der Waals surface area (Å²) >= 11 is 0. The third-order valence-electron chi connectivity index (χ3n) is 6.63. The number of aromatic nitrogens is 1. The van der Waals surface area contributed by atoms with Crippen LogP contribution < -0.4 is 5.63 Å². The second kappa shape index (κ2) is 7.19. The monoisotopic (exact) mass is 437 g/mol. The zero-order chi connectivity index (χ0) is 22.6. The van der Waals surface area contributed by atoms with Crippen molar-refractivity contribution in [1.29, 1.82) is 0 Å². The first-order valence-corrected chi connectivity index (χ1v) is 11.3. The molecule has 0 unspecified atom stereocenters. The topological polar surface area (TPSA) is 35.1 Å². The number of fused-ring (bicyclic) bond motifs is 7. The molecule has 0 fully saturated rings. The second-order valence-corrected chi connectivity index (χ2v) is 8.54. The summed E-state index contributed by atoms with van der Waals surface area (Å²) in [5, 5.41) is 4.75. The normalized spacial score (nSPS) is 11.6. The summed E-state index contributed by atoms with van der Waals surface area (Å²) in [5.41, 5.74) is 5.84. The van der Waals surface area contributed by atoms with Crippen LogP contribution in [0.25, 0.3) is 60.4 Å². The molecule has 0 saturated heterocycles. The van der Waals surface area contributed by atoms with Gasteiger partial charge in [-0.15, -0.1) is 0 Å². The SMILES string of the molecule is O=c1oc2ccc3c4ccccc4n(-c4cccc(-c5ccccc5)c4)c3c2c2ccccc12. The molecule has 7 aromatic rings. The Hall–Kier alpha value is -4.63. The molecule has 0 saturated carbocycles. The first-order chi connectivity index (χ1) is 16.8. The highest BCUT2D eigenvalue weighted by atomic mass is 16.4. The smallest absolute Gasteiger partial charge is 0.344 e. The molecule has 0 spiro atoms. The van der Waals surface area contributed by atoms with Crippen LogP contribution in [0.1, 0.15) is 0 Å². The molecule has 0 aliphatic rings. The predicted octanol–water partition coefficient (Wildman–Crippen LogP) is 7.71. The maximum absolute atomic E-state index is 12.7. The Morgan fingerprint density at radius 1 is 0.559 bits per heavy atom. The number of rotatable bonds is 2. The van der Waals surface area contributed by atoms with E-state index >= 15 is 0 Å². The van der Waals surface area contributed by atoms with E-state index in [1.807, 2.05) is 36.4 Å². The van der Waals surface area contributed by atoms with Gasteiger partial charge >= 0.3 is 5.63 Å². The van der Waals surface area contributed by atoms with Crippen molar-refractivity contribution >= 4 is 43.5 Å². The largest absolute Gasteiger partial charge is 0.422 e. The molecule has 3 heteroatoms. The molecular formula is C31H19NO2. The van der Waals surface area contributed by atoms with Crippen molar-refractivity contribution in [3.05, 3.63) is 126 Å². The van der Waals surface area contributed by atoms with E-state index in [0.717, 1.165) is 38.4 Å². The van der Waals surface area contributed by atoms with Gasteiger partial charge in [-0.25, -0.2) is 4.79 Å². The number of nitrogens with zero attached hydrogens (tertiary/aromatic N) is 1. The van der Waals surface area contributed by atoms with Gasteiger partial charge in [0.15, 0.2) is 0 Å². The molecule has 7 rings (SSSR count). The number of hydrogen-bond donors (Lipinski definition) is 0. The summed E-state index contributed by atoms with van der Waals surface area (Å²) < 4.78 is 8.09. The first kappa shape index (κ1) is 18.9. The van der Waals surface area contributed by atoms with E-state index in [1.54, 1.807) is 0 Å². The fraction of sp³-hybridized carbons (Fsp3) is 0. The van der Waals surface area contributed by atoms with E-state index in [0.29, 0.717) is 11.0 Å². The molecule has 0 bridgehead atoms. The van der Waals surface area contributed by atoms with Crippen molar-refractivity contribution in [3.63, 3.8) is 0 Å². The predicted molar refractivity (Wildman–Crippen MR) is 140 cm³/mol. The zero-order valence-electron chi connectivity index (χ0n) is 18.2. The Kier molecular flexibility index (Phi) is 4.00. The molecule has 0 amide bonds. The average molecular weight is 437 g/mol. The lowest BCUT2D eigenvalue weighted by atomic mass is 10.0. The van der Waals surface area contributed by atoms with Crippen molar-refractivity contribution in [1.82, 2.24) is 4.57 Å². The molecule has 0 aliphatic heterocycles. The van der Waals surface area contributed by atoms with Crippen LogP contribution in [0.4, 0.5) is 0 Å². The van der Waals surface area contributed by atoms with Gasteiger partial charge in [0, 0.05) is 21.8 Å². The summed E-state index contributed by atoms with van der Waals surface area (Å²) in [6.07, 6.45) is 0. The lowest BCUT2D eigenvalue weighted by Crippen LogP contribution is -2.01. The van der Waals surface area contributed by atoms with E-state index in [1.165, 1.54) is 10.9 Å². The molecular weight excluding hydrogens is 418 g/mol. The molecule has 160 valence electrons. The van der Waals surface area contributed by atoms with Gasteiger partial charge in [0.25, 0.3) is 0 Å². The first-order valence-electron chi connectivity index (χ1n) is 11.3. The molecule has 0 aliphatic carbocycles. The summed E-state index contributed by atoms with van der Waals surface area (Å²) in [6.45, 7) is 0. The molecule has 2 aromatic heterocycles. The van der Waals surface area contributed by atoms with Crippen LogP contribution in [0.5, 0.6) is 0 Å². The van der Waals surface area contributed by atoms with Gasteiger partial charge in [0.2, 0.25) is 0 Å². The van der Waals surface area contributed by atoms with Crippen molar-refractivity contribution in [2.75, 3.05) is 0 Å². The van der Waals surface area contributed by atoms with Crippen molar-refractivity contribution < 1.29 is 4.42 Å². The highest BCUT2D eigenvalue weighted by Crippen LogP contribution is 2.39. The molecule has 0 N–H and O–H groups in total. The Morgan fingerprint density at radius 2 is 1.26 bits per heavy atom. The summed E-state index contributed by atoms with van der Waals surface area (Å²) in [4.78, 5) is 12.7. The molecule has 5 aromatic carbocycles. The van der Waals surface area contributed by atoms with E-state index in [9.17, 15) is 4.79 Å². The Morgan fingerprint density at radius 3 is 2.12 bits per heavy atom. The number of hydrogen-bond acceptors (Lipinski definition) is 2. The van der Waals surface area contributed by atoms with Gasteiger partial charge in [0.1, 0.15) is 5.58 Å². The van der Waals surface area contributed by atoms with Crippen LogP contribution in [0.2, 0.25) is 0 Å². The second-order valence-electron chi connectivity index (χ2n) is 8.54. The van der Waals surface area contributed by atoms with Gasteiger partial charge in [-0.2, -0.15) is 0 Å². The quantitative estimate of drug-likeness (QED) is 0.205. The molecule has 0 atom stereocenters. The highest BCUT2D eigenvalue weighted by molar-refractivity contribution is 6.24. The lowest BCUT2D eigenvalue weighted by Gasteiger charge is -2.12. The van der Waals surface area contributed by atoms with Crippen molar-refractivity contribution in [3.8, 4) is 16.8 Å². The fourth-order valence-electron chi connectivity index (χ4n) is 5.14. The van der Waals surface area contributed by atoms with Crippen LogP contribution in [0, 0.1) is 0 Å². The standard InChI is InChI=1S/C31H19NO2/c33-31-26-15-5-4-14-24(26)29-28(34-31)18-17-25-23-13-6-7-16-27(23)32(30(25)29)22-12-8-11-21(19-22)20-9-2-1-3-10-20/h1-19H. The maximum Gasteiger partial charge on any atom is 0.344 e. The van der Waals surface area contributed by atoms with Crippen molar-refractivity contribution in [2.24, 2.45) is 0 Å². The van der Waals surface area contributed by atoms with Crippen LogP contribution in [0.15, 0.2) is 124 Å². The Balaban J connectivity index is 1.68. The highest BCUT2D eigenvalue weighted by Gasteiger charge is 2.18. The lowest BCUT2D eigenvalue weighted by molar-refractivity contribution is 0.570. The van der Waals surface area contributed by atoms with E-state index in [-0.39, 0.29) is 5.63 Å². The van der Waals surface area contributed by atoms with Gasteiger partial charge < -0.3 is 8.98 Å². The molecule has 2 heterocycles. The van der Waals surface area contributed by atoms with Gasteiger partial charge in [-0.3, -0.25) is 0 Å².